The quantitative estimate of drug-likeness (QED) is 0.594. The predicted molar refractivity (Wildman–Crippen MR) is 116 cm³/mol. The molecule has 9 heteroatoms. The molecule has 4 rings (SSSR count). The molecule has 0 bridgehead atoms. The number of aromatic nitrogens is 2. The van der Waals surface area contributed by atoms with E-state index in [2.05, 4.69) is 15.3 Å². The highest BCUT2D eigenvalue weighted by Gasteiger charge is 2.29. The summed E-state index contributed by atoms with van der Waals surface area (Å²) in [5.41, 5.74) is 1.71. The van der Waals surface area contributed by atoms with Crippen molar-refractivity contribution in [1.29, 1.82) is 0 Å². The van der Waals surface area contributed by atoms with Crippen molar-refractivity contribution in [3.63, 3.8) is 0 Å². The molecule has 1 N–H and O–H groups in total. The Morgan fingerprint density at radius 3 is 2.68 bits per heavy atom. The third-order valence-corrected chi connectivity index (χ3v) is 5.26. The van der Waals surface area contributed by atoms with E-state index in [9.17, 15) is 9.18 Å². The van der Waals surface area contributed by atoms with E-state index in [-0.39, 0.29) is 27.9 Å². The minimum Gasteiger partial charge on any atom is -0.492 e. The summed E-state index contributed by atoms with van der Waals surface area (Å²) in [5.74, 6) is -0.994. The van der Waals surface area contributed by atoms with Gasteiger partial charge in [0.2, 0.25) is 0 Å². The first kappa shape index (κ1) is 20.9. The number of ether oxygens (including phenoxy) is 2. The number of fused-ring (bicyclic) bond motifs is 1. The molecule has 0 radical (unpaired) electrons. The molecule has 1 aliphatic heterocycles. The second kappa shape index (κ2) is 8.77. The fourth-order valence-electron chi connectivity index (χ4n) is 3.51. The maximum Gasteiger partial charge on any atom is 0.359 e. The lowest BCUT2D eigenvalue weighted by atomic mass is 10.1. The van der Waals surface area contributed by atoms with Crippen molar-refractivity contribution in [3.05, 3.63) is 64.6 Å². The summed E-state index contributed by atoms with van der Waals surface area (Å²) in [4.78, 5) is 23.5. The minimum atomic E-state index is -0.706. The fraction of sp³-hybridized carbons (Fsp3) is 0.227. The Bertz CT molecular complexity index is 1130. The summed E-state index contributed by atoms with van der Waals surface area (Å²) in [7, 11) is 2.60. The molecular formula is C22H20ClFN4O3. The van der Waals surface area contributed by atoms with Crippen molar-refractivity contribution < 1.29 is 18.7 Å². The Labute approximate surface area is 183 Å². The number of anilines is 2. The number of halogens is 2. The molecule has 2 aromatic carbocycles. The summed E-state index contributed by atoms with van der Waals surface area (Å²) in [6, 6.07) is 12.8. The van der Waals surface area contributed by atoms with Gasteiger partial charge in [-0.15, -0.1) is 0 Å². The lowest BCUT2D eigenvalue weighted by Gasteiger charge is -2.32. The van der Waals surface area contributed by atoms with Gasteiger partial charge in [0.15, 0.2) is 28.9 Å². The van der Waals surface area contributed by atoms with Gasteiger partial charge in [0.05, 0.1) is 24.8 Å². The third-order valence-electron chi connectivity index (χ3n) is 4.96. The number of esters is 1. The maximum atomic E-state index is 15.0. The molecule has 0 unspecified atom stereocenters. The zero-order valence-corrected chi connectivity index (χ0v) is 17.7. The number of nitrogens with zero attached hydrogens (tertiary/aromatic N) is 3. The predicted octanol–water partition coefficient (Wildman–Crippen LogP) is 4.16. The van der Waals surface area contributed by atoms with Crippen LogP contribution in [0.5, 0.6) is 5.75 Å². The first-order valence-corrected chi connectivity index (χ1v) is 9.96. The van der Waals surface area contributed by atoms with Crippen LogP contribution in [-0.2, 0) is 11.3 Å². The Morgan fingerprint density at radius 2 is 1.97 bits per heavy atom. The molecule has 0 spiro atoms. The number of rotatable bonds is 5. The van der Waals surface area contributed by atoms with Gasteiger partial charge in [0.25, 0.3) is 0 Å². The summed E-state index contributed by atoms with van der Waals surface area (Å²) in [6.07, 6.45) is 0. The number of benzene rings is 2. The highest BCUT2D eigenvalue weighted by atomic mass is 35.5. The van der Waals surface area contributed by atoms with Crippen molar-refractivity contribution >= 4 is 29.1 Å². The highest BCUT2D eigenvalue weighted by Crippen LogP contribution is 2.37. The van der Waals surface area contributed by atoms with Gasteiger partial charge >= 0.3 is 5.97 Å². The number of carbonyl (C=O) groups excluding carboxylic acids is 1. The Morgan fingerprint density at radius 1 is 1.19 bits per heavy atom. The SMILES string of the molecule is COC(=O)c1nc(-c2ccc(Cl)c(OC)c2F)nc2c1N(Cc1ccccc1)CCN2. The average Bonchev–Trinajstić information content (AvgIpc) is 2.79. The molecule has 2 heterocycles. The van der Waals surface area contributed by atoms with Gasteiger partial charge in [0, 0.05) is 19.6 Å². The molecule has 7 nitrogen and oxygen atoms in total. The van der Waals surface area contributed by atoms with Gasteiger partial charge in [-0.05, 0) is 17.7 Å². The van der Waals surface area contributed by atoms with Crippen LogP contribution in [0.4, 0.5) is 15.9 Å². The van der Waals surface area contributed by atoms with Crippen molar-refractivity contribution in [1.82, 2.24) is 9.97 Å². The number of nitrogens with one attached hydrogen (secondary N) is 1. The summed E-state index contributed by atoms with van der Waals surface area (Å²) in [5, 5.41) is 3.31. The van der Waals surface area contributed by atoms with E-state index < -0.39 is 11.8 Å². The standard InChI is InChI=1S/C22H20ClFN4O3/c1-30-19-15(23)9-8-14(16(19)24)20-26-17(22(29)31-2)18-21(27-20)25-10-11-28(18)12-13-6-4-3-5-7-13/h3-9H,10-12H2,1-2H3,(H,25,26,27). The van der Waals surface area contributed by atoms with Crippen molar-refractivity contribution in [3.8, 4) is 17.1 Å². The summed E-state index contributed by atoms with van der Waals surface area (Å²) in [6.45, 7) is 1.80. The zero-order chi connectivity index (χ0) is 22.0. The second-order valence-corrected chi connectivity index (χ2v) is 7.27. The van der Waals surface area contributed by atoms with Gasteiger partial charge in [0.1, 0.15) is 5.69 Å². The third kappa shape index (κ3) is 3.98. The average molecular weight is 443 g/mol. The maximum absolute atomic E-state index is 15.0. The van der Waals surface area contributed by atoms with Gasteiger partial charge in [-0.25, -0.2) is 19.2 Å². The Hall–Kier alpha value is -3.39. The molecule has 0 saturated carbocycles. The number of carbonyl (C=O) groups is 1. The van der Waals surface area contributed by atoms with Crippen molar-refractivity contribution in [2.45, 2.75) is 6.54 Å². The smallest absolute Gasteiger partial charge is 0.359 e. The molecular weight excluding hydrogens is 423 g/mol. The van der Waals surface area contributed by atoms with Crippen LogP contribution < -0.4 is 15.0 Å². The van der Waals surface area contributed by atoms with Crippen LogP contribution in [0, 0.1) is 5.82 Å². The van der Waals surface area contributed by atoms with Gasteiger partial charge < -0.3 is 19.7 Å². The molecule has 0 fully saturated rings. The van der Waals surface area contributed by atoms with Crippen molar-refractivity contribution in [2.75, 3.05) is 37.5 Å². The van der Waals surface area contributed by atoms with E-state index in [0.29, 0.717) is 31.1 Å². The molecule has 31 heavy (non-hydrogen) atoms. The fourth-order valence-corrected chi connectivity index (χ4v) is 3.74. The lowest BCUT2D eigenvalue weighted by Crippen LogP contribution is -2.36. The molecule has 0 aliphatic carbocycles. The molecule has 160 valence electrons. The zero-order valence-electron chi connectivity index (χ0n) is 17.0. The second-order valence-electron chi connectivity index (χ2n) is 6.86. The Kier molecular flexibility index (Phi) is 5.90. The number of methoxy groups -OCH3 is 2. The highest BCUT2D eigenvalue weighted by molar-refractivity contribution is 6.32. The van der Waals surface area contributed by atoms with Crippen molar-refractivity contribution in [2.24, 2.45) is 0 Å². The molecule has 0 amide bonds. The Balaban J connectivity index is 1.85. The van der Waals surface area contributed by atoms with Crippen LogP contribution in [0.25, 0.3) is 11.4 Å². The first-order valence-electron chi connectivity index (χ1n) is 9.59. The van der Waals surface area contributed by atoms with Gasteiger partial charge in [-0.2, -0.15) is 0 Å². The number of hydrogen-bond donors (Lipinski definition) is 1. The van der Waals surface area contributed by atoms with E-state index in [4.69, 9.17) is 21.1 Å². The molecule has 3 aromatic rings. The summed E-state index contributed by atoms with van der Waals surface area (Å²) >= 11 is 6.01. The van der Waals surface area contributed by atoms with Gasteiger partial charge in [-0.3, -0.25) is 0 Å². The topological polar surface area (TPSA) is 76.6 Å². The lowest BCUT2D eigenvalue weighted by molar-refractivity contribution is 0.0594. The van der Waals surface area contributed by atoms with E-state index in [1.54, 1.807) is 0 Å². The van der Waals surface area contributed by atoms with Crippen LogP contribution in [0.3, 0.4) is 0 Å². The van der Waals surface area contributed by atoms with E-state index >= 15 is 0 Å². The number of hydrogen-bond acceptors (Lipinski definition) is 7. The van der Waals surface area contributed by atoms with Crippen LogP contribution >= 0.6 is 11.6 Å². The van der Waals surface area contributed by atoms with Crippen LogP contribution in [0.15, 0.2) is 42.5 Å². The molecule has 0 saturated heterocycles. The van der Waals surface area contributed by atoms with Crippen LogP contribution in [0.1, 0.15) is 16.1 Å². The summed E-state index contributed by atoms with van der Waals surface area (Å²) < 4.78 is 25.0. The molecule has 1 aromatic heterocycles. The van der Waals surface area contributed by atoms with Gasteiger partial charge in [-0.1, -0.05) is 41.9 Å². The molecule has 1 aliphatic rings. The van der Waals surface area contributed by atoms with Crippen LogP contribution in [-0.4, -0.2) is 43.2 Å². The molecule has 0 atom stereocenters. The largest absolute Gasteiger partial charge is 0.492 e. The van der Waals surface area contributed by atoms with Crippen LogP contribution in [0.2, 0.25) is 5.02 Å². The monoisotopic (exact) mass is 442 g/mol. The van der Waals surface area contributed by atoms with E-state index in [1.165, 1.54) is 26.4 Å². The first-order chi connectivity index (χ1) is 15.0. The normalized spacial score (nSPS) is 12.7. The van der Waals surface area contributed by atoms with E-state index in [1.807, 2.05) is 35.2 Å². The minimum absolute atomic E-state index is 0.0284. The van der Waals surface area contributed by atoms with E-state index in [0.717, 1.165) is 5.56 Å².